The number of hydrogen-bond donors (Lipinski definition) is 2. The van der Waals surface area contributed by atoms with Gasteiger partial charge in [0.25, 0.3) is 5.91 Å². The molecule has 19 heavy (non-hydrogen) atoms. The van der Waals surface area contributed by atoms with Gasteiger partial charge in [-0.2, -0.15) is 0 Å². The van der Waals surface area contributed by atoms with Crippen LogP contribution in [0.25, 0.3) is 0 Å². The Morgan fingerprint density at radius 2 is 2.37 bits per heavy atom. The molecule has 0 unspecified atom stereocenters. The van der Waals surface area contributed by atoms with E-state index in [2.05, 4.69) is 17.2 Å². The third-order valence-electron chi connectivity index (χ3n) is 2.66. The van der Waals surface area contributed by atoms with Gasteiger partial charge in [-0.15, -0.1) is 11.3 Å². The van der Waals surface area contributed by atoms with Crippen molar-refractivity contribution in [1.29, 1.82) is 0 Å². The van der Waals surface area contributed by atoms with E-state index in [4.69, 9.17) is 5.73 Å². The van der Waals surface area contributed by atoms with Gasteiger partial charge >= 0.3 is 0 Å². The van der Waals surface area contributed by atoms with E-state index in [1.165, 1.54) is 0 Å². The van der Waals surface area contributed by atoms with Crippen LogP contribution in [0.5, 0.6) is 0 Å². The van der Waals surface area contributed by atoms with E-state index < -0.39 is 0 Å². The fourth-order valence-electron chi connectivity index (χ4n) is 1.68. The molecule has 1 amide bonds. The molecule has 2 aromatic rings. The highest BCUT2D eigenvalue weighted by molar-refractivity contribution is 7.10. The summed E-state index contributed by atoms with van der Waals surface area (Å²) in [5, 5.41) is 4.86. The molecule has 5 heteroatoms. The maximum Gasteiger partial charge on any atom is 0.268 e. The first-order valence-electron chi connectivity index (χ1n) is 5.87. The fraction of sp³-hybridized carbons (Fsp3) is 0.214. The molecule has 4 nitrogen and oxygen atoms in total. The molecule has 3 N–H and O–H groups in total. The van der Waals surface area contributed by atoms with Crippen LogP contribution in [0.15, 0.2) is 29.8 Å². The predicted octanol–water partition coefficient (Wildman–Crippen LogP) is 1.33. The Morgan fingerprint density at radius 3 is 3.05 bits per heavy atom. The van der Waals surface area contributed by atoms with E-state index in [9.17, 15) is 4.79 Å². The molecule has 0 aliphatic rings. The molecule has 0 radical (unpaired) electrons. The fourth-order valence-corrected chi connectivity index (χ4v) is 2.45. The smallest absolute Gasteiger partial charge is 0.268 e. The van der Waals surface area contributed by atoms with Gasteiger partial charge < -0.3 is 15.6 Å². The van der Waals surface area contributed by atoms with Crippen LogP contribution >= 0.6 is 11.3 Å². The normalized spacial score (nSPS) is 9.79. The van der Waals surface area contributed by atoms with E-state index in [0.717, 1.165) is 10.4 Å². The SMILES string of the molecule is Cn1cccc1C(=O)NCc1sccc1C#CCN. The second kappa shape index (κ2) is 6.23. The van der Waals surface area contributed by atoms with Crippen LogP contribution in [0.1, 0.15) is 20.9 Å². The van der Waals surface area contributed by atoms with E-state index in [-0.39, 0.29) is 5.91 Å². The number of thiophene rings is 1. The number of hydrogen-bond acceptors (Lipinski definition) is 3. The molecule has 98 valence electrons. The van der Waals surface area contributed by atoms with Gasteiger partial charge in [0.15, 0.2) is 0 Å². The first kappa shape index (κ1) is 13.4. The second-order valence-corrected chi connectivity index (χ2v) is 4.95. The van der Waals surface area contributed by atoms with Crippen molar-refractivity contribution >= 4 is 17.2 Å². The molecule has 2 rings (SSSR count). The molecule has 0 aliphatic carbocycles. The summed E-state index contributed by atoms with van der Waals surface area (Å²) in [6.45, 7) is 0.821. The van der Waals surface area contributed by atoms with Crippen LogP contribution in [-0.2, 0) is 13.6 Å². The van der Waals surface area contributed by atoms with Gasteiger partial charge in [-0.05, 0) is 23.6 Å². The number of aryl methyl sites for hydroxylation is 1. The molecule has 2 aromatic heterocycles. The van der Waals surface area contributed by atoms with E-state index in [1.807, 2.05) is 30.8 Å². The standard InChI is InChI=1S/C14H15N3OS/c1-17-8-3-5-12(17)14(18)16-10-13-11(4-2-7-15)6-9-19-13/h3,5-6,8-9H,7,10,15H2,1H3,(H,16,18). The summed E-state index contributed by atoms with van der Waals surface area (Å²) in [5.41, 5.74) is 6.93. The topological polar surface area (TPSA) is 60.0 Å². The highest BCUT2D eigenvalue weighted by Crippen LogP contribution is 2.15. The first-order valence-corrected chi connectivity index (χ1v) is 6.75. The number of aromatic nitrogens is 1. The number of nitrogens with two attached hydrogens (primary N) is 1. The monoisotopic (exact) mass is 273 g/mol. The lowest BCUT2D eigenvalue weighted by Crippen LogP contribution is -2.24. The first-order chi connectivity index (χ1) is 9.22. The predicted molar refractivity (Wildman–Crippen MR) is 76.8 cm³/mol. The Morgan fingerprint density at radius 1 is 1.53 bits per heavy atom. The second-order valence-electron chi connectivity index (χ2n) is 3.95. The van der Waals surface area contributed by atoms with Crippen LogP contribution in [0, 0.1) is 11.8 Å². The number of carbonyl (C=O) groups is 1. The summed E-state index contributed by atoms with van der Waals surface area (Å²) in [7, 11) is 1.85. The van der Waals surface area contributed by atoms with Gasteiger partial charge in [0.1, 0.15) is 5.69 Å². The maximum atomic E-state index is 12.0. The summed E-state index contributed by atoms with van der Waals surface area (Å²) >= 11 is 1.58. The zero-order chi connectivity index (χ0) is 13.7. The Labute approximate surface area is 116 Å². The number of carbonyl (C=O) groups excluding carboxylic acids is 1. The molecule has 0 spiro atoms. The van der Waals surface area contributed by atoms with Crippen LogP contribution in [0.3, 0.4) is 0 Å². The average molecular weight is 273 g/mol. The van der Waals surface area contributed by atoms with Crippen molar-refractivity contribution in [2.45, 2.75) is 6.54 Å². The van der Waals surface area contributed by atoms with Gasteiger partial charge in [0.05, 0.1) is 13.1 Å². The van der Waals surface area contributed by atoms with E-state index >= 15 is 0 Å². The third-order valence-corrected chi connectivity index (χ3v) is 3.58. The van der Waals surface area contributed by atoms with Crippen molar-refractivity contribution < 1.29 is 4.79 Å². The van der Waals surface area contributed by atoms with Crippen molar-refractivity contribution in [1.82, 2.24) is 9.88 Å². The summed E-state index contributed by atoms with van der Waals surface area (Å²) < 4.78 is 1.79. The number of amides is 1. The maximum absolute atomic E-state index is 12.0. The molecule has 0 aliphatic heterocycles. The number of rotatable bonds is 3. The number of nitrogens with one attached hydrogen (secondary N) is 1. The van der Waals surface area contributed by atoms with Crippen LogP contribution in [0.4, 0.5) is 0 Å². The molecule has 0 bridgehead atoms. The molecule has 0 fully saturated rings. The highest BCUT2D eigenvalue weighted by Gasteiger charge is 2.09. The Balaban J connectivity index is 2.02. The molecule has 0 atom stereocenters. The van der Waals surface area contributed by atoms with Crippen LogP contribution in [-0.4, -0.2) is 17.0 Å². The largest absolute Gasteiger partial charge is 0.347 e. The lowest BCUT2D eigenvalue weighted by molar-refractivity contribution is 0.0943. The van der Waals surface area contributed by atoms with E-state index in [0.29, 0.717) is 18.8 Å². The Kier molecular flexibility index (Phi) is 4.39. The average Bonchev–Trinajstić information content (AvgIpc) is 3.02. The molecular weight excluding hydrogens is 258 g/mol. The summed E-state index contributed by atoms with van der Waals surface area (Å²) in [5.74, 6) is 5.74. The summed E-state index contributed by atoms with van der Waals surface area (Å²) in [6, 6.07) is 5.58. The lowest BCUT2D eigenvalue weighted by atomic mass is 10.2. The van der Waals surface area contributed by atoms with E-state index in [1.54, 1.807) is 22.0 Å². The van der Waals surface area contributed by atoms with Crippen molar-refractivity contribution in [3.63, 3.8) is 0 Å². The van der Waals surface area contributed by atoms with Crippen LogP contribution in [0.2, 0.25) is 0 Å². The van der Waals surface area contributed by atoms with Gasteiger partial charge in [0.2, 0.25) is 0 Å². The Bertz CT molecular complexity index is 630. The third kappa shape index (κ3) is 3.25. The van der Waals surface area contributed by atoms with Gasteiger partial charge in [0, 0.05) is 23.7 Å². The molecule has 2 heterocycles. The summed E-state index contributed by atoms with van der Waals surface area (Å²) in [6.07, 6.45) is 1.85. The zero-order valence-corrected chi connectivity index (χ0v) is 11.5. The number of nitrogens with zero attached hydrogens (tertiary/aromatic N) is 1. The summed E-state index contributed by atoms with van der Waals surface area (Å²) in [4.78, 5) is 13.0. The van der Waals surface area contributed by atoms with Crippen molar-refractivity contribution in [3.05, 3.63) is 45.9 Å². The van der Waals surface area contributed by atoms with Gasteiger partial charge in [-0.25, -0.2) is 0 Å². The van der Waals surface area contributed by atoms with Crippen molar-refractivity contribution in [2.75, 3.05) is 6.54 Å². The van der Waals surface area contributed by atoms with Crippen molar-refractivity contribution in [2.24, 2.45) is 12.8 Å². The van der Waals surface area contributed by atoms with Gasteiger partial charge in [-0.3, -0.25) is 4.79 Å². The minimum absolute atomic E-state index is 0.0846. The van der Waals surface area contributed by atoms with Crippen molar-refractivity contribution in [3.8, 4) is 11.8 Å². The minimum atomic E-state index is -0.0846. The zero-order valence-electron chi connectivity index (χ0n) is 10.6. The highest BCUT2D eigenvalue weighted by atomic mass is 32.1. The Hall–Kier alpha value is -2.03. The van der Waals surface area contributed by atoms with Gasteiger partial charge in [-0.1, -0.05) is 11.8 Å². The molecule has 0 saturated heterocycles. The molecular formula is C14H15N3OS. The molecule has 0 aromatic carbocycles. The molecule has 0 saturated carbocycles. The van der Waals surface area contributed by atoms with Crippen LogP contribution < -0.4 is 11.1 Å². The lowest BCUT2D eigenvalue weighted by Gasteiger charge is -2.05. The quantitative estimate of drug-likeness (QED) is 0.829. The minimum Gasteiger partial charge on any atom is -0.347 e.